The van der Waals surface area contributed by atoms with Crippen LogP contribution in [0.3, 0.4) is 0 Å². The molecule has 2 aromatic rings. The molecule has 0 spiro atoms. The fourth-order valence-electron chi connectivity index (χ4n) is 1.88. The van der Waals surface area contributed by atoms with Crippen LogP contribution in [-0.2, 0) is 6.42 Å². The van der Waals surface area contributed by atoms with Crippen LogP contribution in [-0.4, -0.2) is 16.6 Å². The predicted octanol–water partition coefficient (Wildman–Crippen LogP) is 3.23. The van der Waals surface area contributed by atoms with Crippen LogP contribution >= 0.6 is 11.3 Å². The number of rotatable bonds is 6. The van der Waals surface area contributed by atoms with Crippen LogP contribution in [0.5, 0.6) is 0 Å². The molecule has 2 rings (SSSR count). The smallest absolute Gasteiger partial charge is 0.123 e. The van der Waals surface area contributed by atoms with Gasteiger partial charge in [0, 0.05) is 18.0 Å². The van der Waals surface area contributed by atoms with Crippen molar-refractivity contribution >= 4 is 11.3 Å². The zero-order valence-corrected chi connectivity index (χ0v) is 12.5. The van der Waals surface area contributed by atoms with Crippen LogP contribution in [0.15, 0.2) is 29.6 Å². The van der Waals surface area contributed by atoms with Gasteiger partial charge in [0.15, 0.2) is 0 Å². The second-order valence-electron chi connectivity index (χ2n) is 4.72. The number of hydrogen-bond acceptors (Lipinski definition) is 4. The van der Waals surface area contributed by atoms with Crippen molar-refractivity contribution in [2.45, 2.75) is 32.4 Å². The summed E-state index contributed by atoms with van der Waals surface area (Å²) in [6.07, 6.45) is 0.289. The Morgan fingerprint density at radius 1 is 1.35 bits per heavy atom. The molecule has 2 N–H and O–H groups in total. The van der Waals surface area contributed by atoms with Crippen molar-refractivity contribution in [2.75, 3.05) is 6.54 Å². The summed E-state index contributed by atoms with van der Waals surface area (Å²) >= 11 is 1.65. The van der Waals surface area contributed by atoms with Gasteiger partial charge in [0.2, 0.25) is 0 Å². The number of hydrogen-bond donors (Lipinski definition) is 2. The van der Waals surface area contributed by atoms with Crippen molar-refractivity contribution in [2.24, 2.45) is 0 Å². The average molecular weight is 294 g/mol. The molecule has 0 unspecified atom stereocenters. The molecule has 0 aliphatic carbocycles. The van der Waals surface area contributed by atoms with Crippen LogP contribution in [0.25, 0.3) is 0 Å². The van der Waals surface area contributed by atoms with Crippen LogP contribution in [0.4, 0.5) is 4.39 Å². The number of halogens is 1. The zero-order valence-electron chi connectivity index (χ0n) is 11.6. The Hall–Kier alpha value is -1.30. The third-order valence-electron chi connectivity index (χ3n) is 3.19. The minimum atomic E-state index is -0.651. The molecule has 0 saturated heterocycles. The van der Waals surface area contributed by atoms with E-state index in [4.69, 9.17) is 0 Å². The molecule has 0 aliphatic rings. The summed E-state index contributed by atoms with van der Waals surface area (Å²) < 4.78 is 12.8. The molecule has 3 nitrogen and oxygen atoms in total. The highest BCUT2D eigenvalue weighted by molar-refractivity contribution is 7.09. The largest absolute Gasteiger partial charge is 0.387 e. The Kier molecular flexibility index (Phi) is 5.23. The first-order chi connectivity index (χ1) is 9.60. The number of nitrogens with zero attached hydrogens (tertiary/aromatic N) is 1. The first-order valence-electron chi connectivity index (χ1n) is 6.71. The maximum absolute atomic E-state index is 12.8. The third-order valence-corrected chi connectivity index (χ3v) is 4.20. The van der Waals surface area contributed by atoms with Crippen molar-refractivity contribution in [3.63, 3.8) is 0 Å². The number of thiazole rings is 1. The Morgan fingerprint density at radius 3 is 2.65 bits per heavy atom. The Morgan fingerprint density at radius 2 is 2.05 bits per heavy atom. The second-order valence-corrected chi connectivity index (χ2v) is 5.66. The Bertz CT molecular complexity index is 541. The minimum absolute atomic E-state index is 0.0849. The number of nitrogens with one attached hydrogen (secondary N) is 1. The van der Waals surface area contributed by atoms with E-state index in [1.165, 1.54) is 12.1 Å². The molecule has 2 atom stereocenters. The fraction of sp³-hybridized carbons (Fsp3) is 0.400. The molecule has 0 fully saturated rings. The highest BCUT2D eigenvalue weighted by atomic mass is 32.1. The first kappa shape index (κ1) is 15.1. The van der Waals surface area contributed by atoms with Gasteiger partial charge in [-0.15, -0.1) is 11.3 Å². The van der Waals surface area contributed by atoms with E-state index in [1.54, 1.807) is 23.5 Å². The van der Waals surface area contributed by atoms with E-state index >= 15 is 0 Å². The molecule has 5 heteroatoms. The molecule has 1 aromatic carbocycles. The molecular formula is C15H19FN2OS. The molecule has 20 heavy (non-hydrogen) atoms. The maximum Gasteiger partial charge on any atom is 0.123 e. The number of aryl methyl sites for hydroxylation is 1. The fourth-order valence-corrected chi connectivity index (χ4v) is 2.72. The van der Waals surface area contributed by atoms with Crippen LogP contribution in [0, 0.1) is 5.82 Å². The Balaban J connectivity index is 1.89. The molecule has 0 saturated carbocycles. The van der Waals surface area contributed by atoms with E-state index in [2.05, 4.69) is 17.2 Å². The molecule has 1 aromatic heterocycles. The van der Waals surface area contributed by atoms with Gasteiger partial charge >= 0.3 is 0 Å². The van der Waals surface area contributed by atoms with Crippen molar-refractivity contribution in [1.29, 1.82) is 0 Å². The summed E-state index contributed by atoms with van der Waals surface area (Å²) in [4.78, 5) is 4.52. The summed E-state index contributed by atoms with van der Waals surface area (Å²) in [7, 11) is 0. The zero-order chi connectivity index (χ0) is 14.5. The van der Waals surface area contributed by atoms with Crippen molar-refractivity contribution in [1.82, 2.24) is 10.3 Å². The first-order valence-corrected chi connectivity index (χ1v) is 7.59. The normalized spacial score (nSPS) is 14.2. The SMILES string of the molecule is CCc1nc([C@@H](C)NC[C@@H](O)c2ccc(F)cc2)cs1. The minimum Gasteiger partial charge on any atom is -0.387 e. The average Bonchev–Trinajstić information content (AvgIpc) is 2.94. The van der Waals surface area contributed by atoms with Gasteiger partial charge in [-0.3, -0.25) is 0 Å². The van der Waals surface area contributed by atoms with E-state index < -0.39 is 6.10 Å². The lowest BCUT2D eigenvalue weighted by Gasteiger charge is -2.16. The lowest BCUT2D eigenvalue weighted by Crippen LogP contribution is -2.25. The Labute approximate surface area is 122 Å². The summed E-state index contributed by atoms with van der Waals surface area (Å²) in [6.45, 7) is 4.51. The quantitative estimate of drug-likeness (QED) is 0.860. The maximum atomic E-state index is 12.8. The number of benzene rings is 1. The van der Waals surface area contributed by atoms with Gasteiger partial charge in [0.1, 0.15) is 5.82 Å². The van der Waals surface area contributed by atoms with Gasteiger partial charge in [0.25, 0.3) is 0 Å². The van der Waals surface area contributed by atoms with E-state index in [9.17, 15) is 9.50 Å². The topological polar surface area (TPSA) is 45.2 Å². The molecule has 0 radical (unpaired) electrons. The standard InChI is InChI=1S/C15H19FN2OS/c1-3-15-18-13(9-20-15)10(2)17-8-14(19)11-4-6-12(16)7-5-11/h4-7,9-10,14,17,19H,3,8H2,1-2H3/t10-,14-/m1/s1. The second kappa shape index (κ2) is 6.92. The van der Waals surface area contributed by atoms with Crippen LogP contribution < -0.4 is 5.32 Å². The van der Waals surface area contributed by atoms with Gasteiger partial charge in [-0.25, -0.2) is 9.37 Å². The molecule has 108 valence electrons. The van der Waals surface area contributed by atoms with Gasteiger partial charge in [0.05, 0.1) is 16.8 Å². The number of aliphatic hydroxyl groups excluding tert-OH is 1. The van der Waals surface area contributed by atoms with Crippen LogP contribution in [0.1, 0.15) is 42.3 Å². The summed E-state index contributed by atoms with van der Waals surface area (Å²) in [5, 5.41) is 16.5. The molecular weight excluding hydrogens is 275 g/mol. The molecule has 1 heterocycles. The highest BCUT2D eigenvalue weighted by Gasteiger charge is 2.12. The van der Waals surface area contributed by atoms with E-state index in [0.717, 1.165) is 17.1 Å². The van der Waals surface area contributed by atoms with Gasteiger partial charge in [-0.2, -0.15) is 0 Å². The highest BCUT2D eigenvalue weighted by Crippen LogP contribution is 2.18. The van der Waals surface area contributed by atoms with Crippen molar-refractivity contribution < 1.29 is 9.50 Å². The summed E-state index contributed by atoms with van der Waals surface area (Å²) in [6, 6.07) is 6.00. The summed E-state index contributed by atoms with van der Waals surface area (Å²) in [5.74, 6) is -0.295. The van der Waals surface area contributed by atoms with Crippen molar-refractivity contribution in [3.05, 3.63) is 51.7 Å². The molecule has 0 bridgehead atoms. The van der Waals surface area contributed by atoms with E-state index in [-0.39, 0.29) is 11.9 Å². The van der Waals surface area contributed by atoms with E-state index in [0.29, 0.717) is 12.1 Å². The van der Waals surface area contributed by atoms with Crippen LogP contribution in [0.2, 0.25) is 0 Å². The predicted molar refractivity (Wildman–Crippen MR) is 79.3 cm³/mol. The van der Waals surface area contributed by atoms with Gasteiger partial charge < -0.3 is 10.4 Å². The van der Waals surface area contributed by atoms with Gasteiger partial charge in [-0.05, 0) is 31.0 Å². The summed E-state index contributed by atoms with van der Waals surface area (Å²) in [5.41, 5.74) is 1.71. The van der Waals surface area contributed by atoms with E-state index in [1.807, 2.05) is 12.3 Å². The molecule has 0 amide bonds. The van der Waals surface area contributed by atoms with Crippen molar-refractivity contribution in [3.8, 4) is 0 Å². The van der Waals surface area contributed by atoms with Gasteiger partial charge in [-0.1, -0.05) is 19.1 Å². The lowest BCUT2D eigenvalue weighted by molar-refractivity contribution is 0.170. The number of aliphatic hydroxyl groups is 1. The molecule has 0 aliphatic heterocycles. The monoisotopic (exact) mass is 294 g/mol. The third kappa shape index (κ3) is 3.85. The number of aromatic nitrogens is 1. The lowest BCUT2D eigenvalue weighted by atomic mass is 10.1.